The largest absolute Gasteiger partial charge is 0.330 e. The fraction of sp³-hybridized carbons (Fsp3) is 0.364. The zero-order valence-corrected chi connectivity index (χ0v) is 7.59. The van der Waals surface area contributed by atoms with Gasteiger partial charge in [-0.25, -0.2) is 0 Å². The lowest BCUT2D eigenvalue weighted by Gasteiger charge is -2.12. The van der Waals surface area contributed by atoms with Gasteiger partial charge in [0.15, 0.2) is 0 Å². The van der Waals surface area contributed by atoms with E-state index in [1.165, 1.54) is 11.1 Å². The zero-order valence-electron chi connectivity index (χ0n) is 7.59. The van der Waals surface area contributed by atoms with Crippen LogP contribution < -0.4 is 5.73 Å². The fourth-order valence-electron chi connectivity index (χ4n) is 1.26. The minimum atomic E-state index is 0.422. The predicted octanol–water partition coefficient (Wildman–Crippen LogP) is 2.26. The average molecular weight is 162 g/mol. The van der Waals surface area contributed by atoms with Gasteiger partial charge in [0, 0.05) is 0 Å². The summed E-state index contributed by atoms with van der Waals surface area (Å²) < 4.78 is 0. The highest BCUT2D eigenvalue weighted by atomic mass is 14.5. The molecule has 1 nitrogen and oxygen atoms in total. The molecule has 0 bridgehead atoms. The van der Waals surface area contributed by atoms with Crippen LogP contribution in [0.5, 0.6) is 0 Å². The molecule has 2 N–H and O–H groups in total. The first-order valence-corrected chi connectivity index (χ1v) is 4.33. The quantitative estimate of drug-likeness (QED) is 0.725. The topological polar surface area (TPSA) is 26.0 Å². The first-order valence-electron chi connectivity index (χ1n) is 4.33. The molecular weight excluding hydrogens is 146 g/mol. The number of nitrogens with two attached hydrogens (primary N) is 1. The first-order chi connectivity index (χ1) is 5.77. The van der Waals surface area contributed by atoms with Gasteiger partial charge < -0.3 is 5.73 Å². The van der Waals surface area contributed by atoms with Gasteiger partial charge in [0.05, 0.1) is 0 Å². The van der Waals surface area contributed by atoms with Gasteiger partial charge in [-0.15, -0.1) is 0 Å². The summed E-state index contributed by atoms with van der Waals surface area (Å²) in [5, 5.41) is 0. The van der Waals surface area contributed by atoms with E-state index in [-0.39, 0.29) is 0 Å². The van der Waals surface area contributed by atoms with Gasteiger partial charge in [0.25, 0.3) is 0 Å². The van der Waals surface area contributed by atoms with E-state index in [0.717, 1.165) is 6.42 Å². The summed E-state index contributed by atoms with van der Waals surface area (Å²) in [6.45, 7) is 6.65. The Hall–Kier alpha value is -0.820. The Balaban J connectivity index is 2.80. The first kappa shape index (κ1) is 9.27. The summed E-state index contributed by atoms with van der Waals surface area (Å²) in [5.41, 5.74) is 8.21. The standard InChI is InChI=1S/C11H16N/c1-3-10(8-12)11-6-4-9(2)5-7-11/h4-7,10H,1,3,8,12H2,2H3. The number of rotatable bonds is 3. The molecule has 1 aromatic rings. The van der Waals surface area contributed by atoms with E-state index in [2.05, 4.69) is 38.1 Å². The third kappa shape index (κ3) is 2.08. The van der Waals surface area contributed by atoms with Gasteiger partial charge >= 0.3 is 0 Å². The normalized spacial score (nSPS) is 12.9. The summed E-state index contributed by atoms with van der Waals surface area (Å²) in [5.74, 6) is 0.422. The van der Waals surface area contributed by atoms with Crippen LogP contribution in [-0.2, 0) is 0 Å². The van der Waals surface area contributed by atoms with Crippen LogP contribution in [0.2, 0.25) is 0 Å². The maximum Gasteiger partial charge on any atom is -0.000824 e. The van der Waals surface area contributed by atoms with E-state index in [1.807, 2.05) is 0 Å². The third-order valence-electron chi connectivity index (χ3n) is 2.18. The molecule has 0 fully saturated rings. The predicted molar refractivity (Wildman–Crippen MR) is 52.9 cm³/mol. The molecule has 1 atom stereocenters. The van der Waals surface area contributed by atoms with Crippen molar-refractivity contribution >= 4 is 0 Å². The Morgan fingerprint density at radius 1 is 1.33 bits per heavy atom. The summed E-state index contributed by atoms with van der Waals surface area (Å²) in [7, 11) is 0. The fourth-order valence-corrected chi connectivity index (χ4v) is 1.26. The Kier molecular flexibility index (Phi) is 3.30. The molecule has 0 spiro atoms. The van der Waals surface area contributed by atoms with Crippen molar-refractivity contribution in [1.29, 1.82) is 0 Å². The molecule has 12 heavy (non-hydrogen) atoms. The van der Waals surface area contributed by atoms with Crippen molar-refractivity contribution in [3.63, 3.8) is 0 Å². The molecule has 0 aromatic heterocycles. The van der Waals surface area contributed by atoms with Crippen LogP contribution in [0, 0.1) is 13.8 Å². The number of aryl methyl sites for hydroxylation is 1. The van der Waals surface area contributed by atoms with Crippen LogP contribution >= 0.6 is 0 Å². The van der Waals surface area contributed by atoms with Gasteiger partial charge in [-0.1, -0.05) is 36.8 Å². The van der Waals surface area contributed by atoms with Crippen LogP contribution in [-0.4, -0.2) is 6.54 Å². The van der Waals surface area contributed by atoms with Gasteiger partial charge in [0.1, 0.15) is 0 Å². The molecular formula is C11H16N. The molecule has 0 aliphatic carbocycles. The van der Waals surface area contributed by atoms with Gasteiger partial charge in [-0.3, -0.25) is 0 Å². The molecule has 1 unspecified atom stereocenters. The second kappa shape index (κ2) is 4.27. The van der Waals surface area contributed by atoms with Gasteiger partial charge in [-0.05, 0) is 31.4 Å². The number of hydrogen-bond donors (Lipinski definition) is 1. The van der Waals surface area contributed by atoms with E-state index >= 15 is 0 Å². The van der Waals surface area contributed by atoms with Crippen LogP contribution in [0.1, 0.15) is 23.5 Å². The summed E-state index contributed by atoms with van der Waals surface area (Å²) >= 11 is 0. The highest BCUT2D eigenvalue weighted by Gasteiger charge is 2.05. The van der Waals surface area contributed by atoms with Crippen molar-refractivity contribution in [2.45, 2.75) is 19.3 Å². The molecule has 0 aliphatic heterocycles. The summed E-state index contributed by atoms with van der Waals surface area (Å²) in [6, 6.07) is 8.51. The SMILES string of the molecule is [CH2]CC(CN)c1ccc(C)cc1. The van der Waals surface area contributed by atoms with Crippen molar-refractivity contribution in [2.75, 3.05) is 6.54 Å². The molecule has 1 rings (SSSR count). The maximum atomic E-state index is 5.61. The van der Waals surface area contributed by atoms with Crippen LogP contribution in [0.4, 0.5) is 0 Å². The third-order valence-corrected chi connectivity index (χ3v) is 2.18. The highest BCUT2D eigenvalue weighted by Crippen LogP contribution is 2.17. The second-order valence-corrected chi connectivity index (χ2v) is 3.13. The molecule has 0 saturated heterocycles. The van der Waals surface area contributed by atoms with Crippen molar-refractivity contribution in [3.05, 3.63) is 42.3 Å². The van der Waals surface area contributed by atoms with E-state index in [4.69, 9.17) is 5.73 Å². The molecule has 0 aliphatic rings. The van der Waals surface area contributed by atoms with Crippen molar-refractivity contribution in [2.24, 2.45) is 5.73 Å². The maximum absolute atomic E-state index is 5.61. The average Bonchev–Trinajstić information content (AvgIpc) is 2.10. The molecule has 0 heterocycles. The van der Waals surface area contributed by atoms with E-state index in [9.17, 15) is 0 Å². The van der Waals surface area contributed by atoms with Gasteiger partial charge in [-0.2, -0.15) is 0 Å². The van der Waals surface area contributed by atoms with E-state index in [1.54, 1.807) is 0 Å². The minimum absolute atomic E-state index is 0.422. The smallest absolute Gasteiger partial charge is 0.000824 e. The summed E-state index contributed by atoms with van der Waals surface area (Å²) in [4.78, 5) is 0. The number of hydrogen-bond acceptors (Lipinski definition) is 1. The lowest BCUT2D eigenvalue weighted by Crippen LogP contribution is -2.11. The lowest BCUT2D eigenvalue weighted by molar-refractivity contribution is 0.708. The van der Waals surface area contributed by atoms with Crippen LogP contribution in [0.25, 0.3) is 0 Å². The molecule has 0 saturated carbocycles. The van der Waals surface area contributed by atoms with Crippen LogP contribution in [0.3, 0.4) is 0 Å². The summed E-state index contributed by atoms with van der Waals surface area (Å²) in [6.07, 6.45) is 0.875. The Morgan fingerprint density at radius 3 is 2.33 bits per heavy atom. The highest BCUT2D eigenvalue weighted by molar-refractivity contribution is 5.24. The van der Waals surface area contributed by atoms with E-state index < -0.39 is 0 Å². The zero-order chi connectivity index (χ0) is 8.97. The molecule has 1 aromatic carbocycles. The molecule has 0 amide bonds. The Morgan fingerprint density at radius 2 is 1.92 bits per heavy atom. The van der Waals surface area contributed by atoms with Crippen molar-refractivity contribution in [1.82, 2.24) is 0 Å². The molecule has 1 radical (unpaired) electrons. The lowest BCUT2D eigenvalue weighted by atomic mass is 9.96. The van der Waals surface area contributed by atoms with Crippen molar-refractivity contribution < 1.29 is 0 Å². The Bertz CT molecular complexity index is 221. The van der Waals surface area contributed by atoms with Crippen molar-refractivity contribution in [3.8, 4) is 0 Å². The Labute approximate surface area is 74.6 Å². The van der Waals surface area contributed by atoms with E-state index in [0.29, 0.717) is 12.5 Å². The minimum Gasteiger partial charge on any atom is -0.330 e. The molecule has 65 valence electrons. The molecule has 1 heteroatoms. The second-order valence-electron chi connectivity index (χ2n) is 3.13. The number of benzene rings is 1. The van der Waals surface area contributed by atoms with Crippen LogP contribution in [0.15, 0.2) is 24.3 Å². The van der Waals surface area contributed by atoms with Gasteiger partial charge in [0.2, 0.25) is 0 Å². The monoisotopic (exact) mass is 162 g/mol.